The van der Waals surface area contributed by atoms with E-state index in [4.69, 9.17) is 4.52 Å². The van der Waals surface area contributed by atoms with Crippen LogP contribution in [0.1, 0.15) is 70.6 Å². The summed E-state index contributed by atoms with van der Waals surface area (Å²) in [5, 5.41) is 3.73. The van der Waals surface area contributed by atoms with E-state index < -0.39 is 30.1 Å². The number of nitrogens with zero attached hydrogens (tertiary/aromatic N) is 1. The average molecular weight is 440 g/mol. The Labute approximate surface area is 142 Å². The molecular weight excluding hydrogens is 410 g/mol. The van der Waals surface area contributed by atoms with Gasteiger partial charge in [0.1, 0.15) is 0 Å². The predicted molar refractivity (Wildman–Crippen MR) is 90.8 cm³/mol. The predicted octanol–water partition coefficient (Wildman–Crippen LogP) is 6.06. The quantitative estimate of drug-likeness (QED) is 0.414. The van der Waals surface area contributed by atoms with Gasteiger partial charge in [-0.15, -0.1) is 0 Å². The number of alkyl halides is 3. The number of halogens is 3. The van der Waals surface area contributed by atoms with Gasteiger partial charge in [-0.05, 0) is 0 Å². The van der Waals surface area contributed by atoms with Crippen LogP contribution in [0.2, 0.25) is 13.3 Å². The van der Waals surface area contributed by atoms with E-state index in [2.05, 4.69) is 25.9 Å². The van der Waals surface area contributed by atoms with Gasteiger partial charge < -0.3 is 0 Å². The van der Waals surface area contributed by atoms with Gasteiger partial charge in [0.05, 0.1) is 0 Å². The van der Waals surface area contributed by atoms with Crippen molar-refractivity contribution in [1.82, 2.24) is 5.16 Å². The zero-order valence-corrected chi connectivity index (χ0v) is 17.7. The molecule has 0 aliphatic rings. The topological polar surface area (TPSA) is 26.0 Å². The summed E-state index contributed by atoms with van der Waals surface area (Å²) in [4.78, 5) is 0. The van der Waals surface area contributed by atoms with Crippen molar-refractivity contribution in [3.8, 4) is 0 Å². The van der Waals surface area contributed by atoms with E-state index in [1.54, 1.807) is 0 Å². The van der Waals surface area contributed by atoms with Crippen LogP contribution >= 0.6 is 0 Å². The summed E-state index contributed by atoms with van der Waals surface area (Å²) >= 11 is -3.23. The molecule has 1 aromatic heterocycles. The SMILES string of the molecule is CCC[CH2][Sn]([CH2]CCC)([CH2]CCC)[c]1onc(C)c1C(F)(F)F. The van der Waals surface area contributed by atoms with Gasteiger partial charge in [0.25, 0.3) is 0 Å². The van der Waals surface area contributed by atoms with E-state index in [9.17, 15) is 13.2 Å². The number of rotatable bonds is 10. The Balaban J connectivity index is 3.35. The molecule has 0 aliphatic heterocycles. The van der Waals surface area contributed by atoms with Crippen LogP contribution in [-0.2, 0) is 6.18 Å². The first-order valence-electron chi connectivity index (χ1n) is 8.86. The molecular formula is C17H30F3NOSn. The summed E-state index contributed by atoms with van der Waals surface area (Å²) in [5.41, 5.74) is -0.533. The molecule has 0 aliphatic carbocycles. The number of hydrogen-bond acceptors (Lipinski definition) is 2. The van der Waals surface area contributed by atoms with E-state index >= 15 is 0 Å². The standard InChI is InChI=1S/C5H3F3NO.3C4H9.Sn/c1-3-4(2-10-9-3)5(6,7)8;3*1-3-4-2;/h1H3;3*1,3-4H2,2H3;. The molecule has 0 saturated heterocycles. The fourth-order valence-corrected chi connectivity index (χ4v) is 19.4. The molecule has 0 unspecified atom stereocenters. The van der Waals surface area contributed by atoms with E-state index in [-0.39, 0.29) is 5.69 Å². The van der Waals surface area contributed by atoms with Gasteiger partial charge in [-0.3, -0.25) is 0 Å². The third kappa shape index (κ3) is 5.39. The summed E-state index contributed by atoms with van der Waals surface area (Å²) in [6, 6.07) is 0. The normalized spacial score (nSPS) is 12.8. The Morgan fingerprint density at radius 3 is 1.70 bits per heavy atom. The molecule has 0 spiro atoms. The Kier molecular flexibility index (Phi) is 8.45. The van der Waals surface area contributed by atoms with Crippen molar-refractivity contribution in [2.24, 2.45) is 0 Å². The number of aromatic nitrogens is 1. The van der Waals surface area contributed by atoms with E-state index in [0.717, 1.165) is 51.8 Å². The molecule has 1 heterocycles. The van der Waals surface area contributed by atoms with Gasteiger partial charge in [-0.1, -0.05) is 0 Å². The minimum absolute atomic E-state index is 0.0121. The van der Waals surface area contributed by atoms with Crippen LogP contribution in [0, 0.1) is 6.92 Å². The van der Waals surface area contributed by atoms with Crippen molar-refractivity contribution in [2.75, 3.05) is 0 Å². The van der Waals surface area contributed by atoms with Gasteiger partial charge in [0, 0.05) is 0 Å². The number of aryl methyl sites for hydroxylation is 1. The van der Waals surface area contributed by atoms with E-state index in [0.29, 0.717) is 3.78 Å². The summed E-state index contributed by atoms with van der Waals surface area (Å²) < 4.78 is 49.3. The van der Waals surface area contributed by atoms with Gasteiger partial charge in [0.2, 0.25) is 0 Å². The third-order valence-corrected chi connectivity index (χ3v) is 19.6. The second-order valence-corrected chi connectivity index (χ2v) is 19.4. The Hall–Kier alpha value is -0.201. The molecule has 6 heteroatoms. The molecule has 0 fully saturated rings. The van der Waals surface area contributed by atoms with Gasteiger partial charge in [0.15, 0.2) is 0 Å². The number of unbranched alkanes of at least 4 members (excludes halogenated alkanes) is 3. The van der Waals surface area contributed by atoms with Crippen molar-refractivity contribution in [3.05, 3.63) is 11.3 Å². The molecule has 134 valence electrons. The minimum atomic E-state index is -4.35. The van der Waals surface area contributed by atoms with Crippen LogP contribution in [0.15, 0.2) is 4.52 Å². The Morgan fingerprint density at radius 2 is 1.35 bits per heavy atom. The molecule has 0 aromatic carbocycles. The van der Waals surface area contributed by atoms with Crippen molar-refractivity contribution >= 4 is 22.2 Å². The second-order valence-electron chi connectivity index (χ2n) is 6.56. The first-order chi connectivity index (χ1) is 10.8. The summed E-state index contributed by atoms with van der Waals surface area (Å²) in [6.07, 6.45) is 1.70. The van der Waals surface area contributed by atoms with Crippen LogP contribution < -0.4 is 3.78 Å². The molecule has 0 atom stereocenters. The Morgan fingerprint density at radius 1 is 0.913 bits per heavy atom. The molecule has 0 amide bonds. The molecule has 2 nitrogen and oxygen atoms in total. The fourth-order valence-electron chi connectivity index (χ4n) is 3.33. The van der Waals surface area contributed by atoms with Crippen molar-refractivity contribution in [1.29, 1.82) is 0 Å². The molecule has 0 radical (unpaired) electrons. The fraction of sp³-hybridized carbons (Fsp3) is 0.824. The Bertz CT molecular complexity index is 449. The monoisotopic (exact) mass is 441 g/mol. The maximum absolute atomic E-state index is 13.6. The first kappa shape index (κ1) is 20.8. The molecule has 1 aromatic rings. The molecule has 0 saturated carbocycles. The van der Waals surface area contributed by atoms with Crippen LogP contribution in [0.3, 0.4) is 0 Å². The average Bonchev–Trinajstić information content (AvgIpc) is 2.89. The van der Waals surface area contributed by atoms with E-state index in [1.165, 1.54) is 6.92 Å². The summed E-state index contributed by atoms with van der Waals surface area (Å²) in [5.74, 6) is 0. The van der Waals surface area contributed by atoms with E-state index in [1.807, 2.05) is 0 Å². The molecule has 23 heavy (non-hydrogen) atoms. The van der Waals surface area contributed by atoms with Crippen molar-refractivity contribution in [3.63, 3.8) is 0 Å². The van der Waals surface area contributed by atoms with Crippen LogP contribution in [0.5, 0.6) is 0 Å². The van der Waals surface area contributed by atoms with Crippen LogP contribution in [-0.4, -0.2) is 23.5 Å². The van der Waals surface area contributed by atoms with Crippen molar-refractivity contribution < 1.29 is 17.7 Å². The van der Waals surface area contributed by atoms with Gasteiger partial charge in [-0.25, -0.2) is 0 Å². The molecule has 0 N–H and O–H groups in total. The zero-order chi connectivity index (χ0) is 17.5. The third-order valence-electron chi connectivity index (χ3n) is 4.65. The molecule has 0 bridgehead atoms. The molecule has 1 rings (SSSR count). The maximum atomic E-state index is 13.6. The second kappa shape index (κ2) is 9.33. The van der Waals surface area contributed by atoms with Crippen LogP contribution in [0.25, 0.3) is 0 Å². The van der Waals surface area contributed by atoms with Gasteiger partial charge in [-0.2, -0.15) is 0 Å². The number of hydrogen-bond donors (Lipinski definition) is 0. The summed E-state index contributed by atoms with van der Waals surface area (Å²) in [6.45, 7) is 7.73. The van der Waals surface area contributed by atoms with Gasteiger partial charge >= 0.3 is 142 Å². The van der Waals surface area contributed by atoms with Crippen LogP contribution in [0.4, 0.5) is 13.2 Å². The first-order valence-corrected chi connectivity index (χ1v) is 16.3. The zero-order valence-electron chi connectivity index (χ0n) is 14.9. The van der Waals surface area contributed by atoms with Crippen molar-refractivity contribution in [2.45, 2.75) is 85.7 Å². The summed E-state index contributed by atoms with van der Waals surface area (Å²) in [7, 11) is 0.